The third kappa shape index (κ3) is 3.89. The van der Waals surface area contributed by atoms with Crippen molar-refractivity contribution in [2.24, 2.45) is 0 Å². The maximum Gasteiger partial charge on any atom is 0.269 e. The molecule has 1 aromatic heterocycles. The lowest BCUT2D eigenvalue weighted by Gasteiger charge is -2.15. The van der Waals surface area contributed by atoms with Crippen LogP contribution in [0.2, 0.25) is 5.02 Å². The van der Waals surface area contributed by atoms with E-state index < -0.39 is 0 Å². The van der Waals surface area contributed by atoms with E-state index in [9.17, 15) is 9.59 Å². The lowest BCUT2D eigenvalue weighted by molar-refractivity contribution is -0.116. The first-order valence-electron chi connectivity index (χ1n) is 7.86. The number of rotatable bonds is 5. The summed E-state index contributed by atoms with van der Waals surface area (Å²) in [6.45, 7) is 2.12. The van der Waals surface area contributed by atoms with Crippen LogP contribution in [0.25, 0.3) is 11.0 Å². The van der Waals surface area contributed by atoms with Gasteiger partial charge in [0.05, 0.1) is 34.0 Å². The zero-order chi connectivity index (χ0) is 18.7. The SMILES string of the molecule is CCOc1c(Br)cc(Cl)cc1NC(=O)Cn1c(=O)cnc2ccccc21. The fraction of sp³-hybridized carbons (Fsp3) is 0.167. The van der Waals surface area contributed by atoms with Crippen molar-refractivity contribution >= 4 is 50.2 Å². The first-order chi connectivity index (χ1) is 12.5. The summed E-state index contributed by atoms with van der Waals surface area (Å²) in [5, 5.41) is 3.21. The van der Waals surface area contributed by atoms with E-state index in [4.69, 9.17) is 16.3 Å². The van der Waals surface area contributed by atoms with Crippen molar-refractivity contribution in [2.45, 2.75) is 13.5 Å². The number of anilines is 1. The van der Waals surface area contributed by atoms with Gasteiger partial charge in [-0.3, -0.25) is 14.2 Å². The Kier molecular flexibility index (Phi) is 5.58. The van der Waals surface area contributed by atoms with E-state index in [1.165, 1.54) is 10.8 Å². The maximum atomic E-state index is 12.6. The molecule has 0 radical (unpaired) electrons. The standard InChI is InChI=1S/C18H15BrClN3O3/c1-2-26-18-12(19)7-11(20)8-14(18)22-16(24)10-23-15-6-4-3-5-13(15)21-9-17(23)25/h3-9H,2,10H2,1H3,(H,22,24). The van der Waals surface area contributed by atoms with E-state index in [0.29, 0.717) is 38.6 Å². The highest BCUT2D eigenvalue weighted by Crippen LogP contribution is 2.36. The quantitative estimate of drug-likeness (QED) is 0.659. The molecule has 0 saturated heterocycles. The minimum absolute atomic E-state index is 0.155. The highest BCUT2D eigenvalue weighted by Gasteiger charge is 2.14. The molecule has 0 saturated carbocycles. The molecule has 2 aromatic carbocycles. The highest BCUT2D eigenvalue weighted by molar-refractivity contribution is 9.10. The number of aromatic nitrogens is 2. The first kappa shape index (κ1) is 18.4. The van der Waals surface area contributed by atoms with Gasteiger partial charge in [-0.1, -0.05) is 23.7 Å². The summed E-state index contributed by atoms with van der Waals surface area (Å²) in [5.41, 5.74) is 1.31. The lowest BCUT2D eigenvalue weighted by atomic mass is 10.2. The zero-order valence-corrected chi connectivity index (χ0v) is 16.2. The summed E-state index contributed by atoms with van der Waals surface area (Å²) in [6, 6.07) is 10.4. The number of nitrogens with one attached hydrogen (secondary N) is 1. The molecule has 134 valence electrons. The monoisotopic (exact) mass is 435 g/mol. The number of carbonyl (C=O) groups is 1. The van der Waals surface area contributed by atoms with Crippen molar-refractivity contribution in [3.05, 3.63) is 62.4 Å². The van der Waals surface area contributed by atoms with Crippen molar-refractivity contribution < 1.29 is 9.53 Å². The molecule has 0 bridgehead atoms. The molecule has 0 unspecified atom stereocenters. The number of fused-ring (bicyclic) bond motifs is 1. The van der Waals surface area contributed by atoms with E-state index in [2.05, 4.69) is 26.2 Å². The first-order valence-corrected chi connectivity index (χ1v) is 9.03. The van der Waals surface area contributed by atoms with Gasteiger partial charge < -0.3 is 10.1 Å². The van der Waals surface area contributed by atoms with E-state index in [1.54, 1.807) is 30.3 Å². The van der Waals surface area contributed by atoms with Crippen LogP contribution in [-0.2, 0) is 11.3 Å². The predicted molar refractivity (Wildman–Crippen MR) is 105 cm³/mol. The van der Waals surface area contributed by atoms with Gasteiger partial charge in [0.1, 0.15) is 6.54 Å². The predicted octanol–water partition coefficient (Wildman–Crippen LogP) is 3.85. The molecule has 1 amide bonds. The molecule has 3 aromatic rings. The number of para-hydroxylation sites is 2. The minimum atomic E-state index is -0.376. The molecule has 0 fully saturated rings. The van der Waals surface area contributed by atoms with Crippen LogP contribution in [0, 0.1) is 0 Å². The van der Waals surface area contributed by atoms with Crippen LogP contribution in [-0.4, -0.2) is 22.1 Å². The zero-order valence-electron chi connectivity index (χ0n) is 13.8. The topological polar surface area (TPSA) is 73.2 Å². The van der Waals surface area contributed by atoms with Crippen LogP contribution in [0.1, 0.15) is 6.92 Å². The van der Waals surface area contributed by atoms with Crippen LogP contribution in [0.3, 0.4) is 0 Å². The molecule has 0 aliphatic carbocycles. The Morgan fingerprint density at radius 2 is 2.12 bits per heavy atom. The van der Waals surface area contributed by atoms with Gasteiger partial charge in [0.25, 0.3) is 5.56 Å². The third-order valence-electron chi connectivity index (χ3n) is 3.63. The molecular weight excluding hydrogens is 422 g/mol. The van der Waals surface area contributed by atoms with Gasteiger partial charge in [0, 0.05) is 5.02 Å². The second-order valence-electron chi connectivity index (χ2n) is 5.42. The Bertz CT molecular complexity index is 1040. The molecule has 1 heterocycles. The number of halogens is 2. The van der Waals surface area contributed by atoms with E-state index in [-0.39, 0.29) is 18.0 Å². The second-order valence-corrected chi connectivity index (χ2v) is 6.71. The van der Waals surface area contributed by atoms with Crippen LogP contribution >= 0.6 is 27.5 Å². The Morgan fingerprint density at radius 1 is 1.35 bits per heavy atom. The number of amides is 1. The normalized spacial score (nSPS) is 10.7. The molecular formula is C18H15BrClN3O3. The van der Waals surface area contributed by atoms with Gasteiger partial charge >= 0.3 is 0 Å². The van der Waals surface area contributed by atoms with Gasteiger partial charge in [-0.2, -0.15) is 0 Å². The summed E-state index contributed by atoms with van der Waals surface area (Å²) in [7, 11) is 0. The number of carbonyl (C=O) groups excluding carboxylic acids is 1. The molecule has 0 atom stereocenters. The van der Waals surface area contributed by atoms with Crippen molar-refractivity contribution in [3.8, 4) is 5.75 Å². The molecule has 0 spiro atoms. The number of hydrogen-bond donors (Lipinski definition) is 1. The number of ether oxygens (including phenoxy) is 1. The highest BCUT2D eigenvalue weighted by atomic mass is 79.9. The van der Waals surface area contributed by atoms with Gasteiger partial charge in [-0.05, 0) is 47.1 Å². The molecule has 1 N–H and O–H groups in total. The van der Waals surface area contributed by atoms with Crippen LogP contribution in [0.4, 0.5) is 5.69 Å². The average molecular weight is 437 g/mol. The van der Waals surface area contributed by atoms with Crippen molar-refractivity contribution in [1.29, 1.82) is 0 Å². The lowest BCUT2D eigenvalue weighted by Crippen LogP contribution is -2.28. The van der Waals surface area contributed by atoms with Gasteiger partial charge in [0.15, 0.2) is 5.75 Å². The summed E-state index contributed by atoms with van der Waals surface area (Å²) in [5.74, 6) is 0.107. The summed E-state index contributed by atoms with van der Waals surface area (Å²) < 4.78 is 7.57. The molecule has 3 rings (SSSR count). The molecule has 0 aliphatic rings. The van der Waals surface area contributed by atoms with Gasteiger partial charge in [0.2, 0.25) is 5.91 Å². The Balaban J connectivity index is 1.91. The largest absolute Gasteiger partial charge is 0.491 e. The summed E-state index contributed by atoms with van der Waals surface area (Å²) >= 11 is 9.44. The fourth-order valence-electron chi connectivity index (χ4n) is 2.56. The van der Waals surface area contributed by atoms with Gasteiger partial charge in [-0.25, -0.2) is 4.98 Å². The van der Waals surface area contributed by atoms with Crippen molar-refractivity contribution in [2.75, 3.05) is 11.9 Å². The summed E-state index contributed by atoms with van der Waals surface area (Å²) in [4.78, 5) is 28.8. The third-order valence-corrected chi connectivity index (χ3v) is 4.43. The smallest absolute Gasteiger partial charge is 0.269 e. The number of nitrogens with zero attached hydrogens (tertiary/aromatic N) is 2. The van der Waals surface area contributed by atoms with E-state index in [1.807, 2.05) is 13.0 Å². The average Bonchev–Trinajstić information content (AvgIpc) is 2.60. The van der Waals surface area contributed by atoms with Crippen LogP contribution in [0.5, 0.6) is 5.75 Å². The fourth-order valence-corrected chi connectivity index (χ4v) is 3.48. The Morgan fingerprint density at radius 3 is 2.88 bits per heavy atom. The summed E-state index contributed by atoms with van der Waals surface area (Å²) in [6.07, 6.45) is 1.21. The maximum absolute atomic E-state index is 12.6. The Labute approximate surface area is 162 Å². The number of benzene rings is 2. The second kappa shape index (κ2) is 7.88. The number of hydrogen-bond acceptors (Lipinski definition) is 4. The molecule has 8 heteroatoms. The Hall–Kier alpha value is -2.38. The molecule has 0 aliphatic heterocycles. The van der Waals surface area contributed by atoms with Crippen LogP contribution < -0.4 is 15.6 Å². The van der Waals surface area contributed by atoms with Gasteiger partial charge in [-0.15, -0.1) is 0 Å². The molecule has 26 heavy (non-hydrogen) atoms. The van der Waals surface area contributed by atoms with Crippen LogP contribution in [0.15, 0.2) is 51.9 Å². The van der Waals surface area contributed by atoms with Crippen molar-refractivity contribution in [1.82, 2.24) is 9.55 Å². The van der Waals surface area contributed by atoms with E-state index in [0.717, 1.165) is 0 Å². The minimum Gasteiger partial charge on any atom is -0.491 e. The van der Waals surface area contributed by atoms with Crippen molar-refractivity contribution in [3.63, 3.8) is 0 Å². The molecule has 6 nitrogen and oxygen atoms in total. The van der Waals surface area contributed by atoms with E-state index >= 15 is 0 Å².